The van der Waals surface area contributed by atoms with E-state index in [2.05, 4.69) is 5.32 Å². The van der Waals surface area contributed by atoms with Crippen LogP contribution in [0.3, 0.4) is 0 Å². The van der Waals surface area contributed by atoms with E-state index in [4.69, 9.17) is 9.47 Å². The summed E-state index contributed by atoms with van der Waals surface area (Å²) in [7, 11) is 1.53. The van der Waals surface area contributed by atoms with Crippen LogP contribution in [-0.4, -0.2) is 19.1 Å². The van der Waals surface area contributed by atoms with E-state index < -0.39 is 11.7 Å². The number of halogens is 3. The van der Waals surface area contributed by atoms with Gasteiger partial charge < -0.3 is 14.8 Å². The Morgan fingerprint density at radius 3 is 2.39 bits per heavy atom. The third kappa shape index (κ3) is 5.90. The van der Waals surface area contributed by atoms with Crippen molar-refractivity contribution in [2.75, 3.05) is 7.11 Å². The van der Waals surface area contributed by atoms with Crippen LogP contribution in [0, 0.1) is 0 Å². The van der Waals surface area contributed by atoms with Gasteiger partial charge in [0.05, 0.1) is 31.2 Å². The normalized spacial score (nSPS) is 12.6. The lowest BCUT2D eigenvalue weighted by Gasteiger charge is -2.18. The molecule has 28 heavy (non-hydrogen) atoms. The van der Waals surface area contributed by atoms with Gasteiger partial charge in [0.1, 0.15) is 0 Å². The second-order valence-corrected chi connectivity index (χ2v) is 6.74. The standard InChI is InChI=1S/C21H24F3NO3/c1-13(2)28-18-9-8-16(12-19(18)27-4)14(3)25-20(26)11-15-6-5-7-17(10-15)21(22,23)24/h5-10,12-14H,11H2,1-4H3,(H,25,26). The molecule has 0 bridgehead atoms. The summed E-state index contributed by atoms with van der Waals surface area (Å²) in [6, 6.07) is 9.78. The number of carbonyl (C=O) groups excluding carboxylic acids is 1. The van der Waals surface area contributed by atoms with Crippen molar-refractivity contribution in [3.8, 4) is 11.5 Å². The van der Waals surface area contributed by atoms with Crippen LogP contribution < -0.4 is 14.8 Å². The predicted octanol–water partition coefficient (Wildman–Crippen LogP) is 4.92. The molecule has 1 atom stereocenters. The molecular formula is C21H24F3NO3. The van der Waals surface area contributed by atoms with Gasteiger partial charge in [-0.15, -0.1) is 0 Å². The third-order valence-electron chi connectivity index (χ3n) is 4.05. The maximum atomic E-state index is 12.8. The van der Waals surface area contributed by atoms with Crippen molar-refractivity contribution < 1.29 is 27.4 Å². The monoisotopic (exact) mass is 395 g/mol. The molecule has 0 spiro atoms. The van der Waals surface area contributed by atoms with Gasteiger partial charge in [0.25, 0.3) is 0 Å². The number of hydrogen-bond acceptors (Lipinski definition) is 3. The average Bonchev–Trinajstić information content (AvgIpc) is 2.60. The predicted molar refractivity (Wildman–Crippen MR) is 100 cm³/mol. The summed E-state index contributed by atoms with van der Waals surface area (Å²) in [6.07, 6.45) is -4.58. The van der Waals surface area contributed by atoms with Gasteiger partial charge in [0.2, 0.25) is 5.91 Å². The van der Waals surface area contributed by atoms with Crippen molar-refractivity contribution in [2.45, 2.75) is 45.5 Å². The zero-order valence-corrected chi connectivity index (χ0v) is 16.3. The average molecular weight is 395 g/mol. The second kappa shape index (κ2) is 8.99. The molecule has 0 radical (unpaired) electrons. The topological polar surface area (TPSA) is 47.6 Å². The van der Waals surface area contributed by atoms with Gasteiger partial charge in [0.15, 0.2) is 11.5 Å². The van der Waals surface area contributed by atoms with Crippen molar-refractivity contribution in [3.63, 3.8) is 0 Å². The molecule has 0 aliphatic heterocycles. The quantitative estimate of drug-likeness (QED) is 0.724. The summed E-state index contributed by atoms with van der Waals surface area (Å²) in [4.78, 5) is 12.3. The largest absolute Gasteiger partial charge is 0.493 e. The maximum Gasteiger partial charge on any atom is 0.416 e. The number of nitrogens with one attached hydrogen (secondary N) is 1. The molecule has 2 aromatic rings. The molecule has 2 rings (SSSR count). The Balaban J connectivity index is 2.06. The number of benzene rings is 2. The number of alkyl halides is 3. The Hall–Kier alpha value is -2.70. The fourth-order valence-electron chi connectivity index (χ4n) is 2.72. The van der Waals surface area contributed by atoms with Crippen molar-refractivity contribution in [3.05, 3.63) is 59.2 Å². The molecule has 0 saturated carbocycles. The fourth-order valence-corrected chi connectivity index (χ4v) is 2.72. The summed E-state index contributed by atoms with van der Waals surface area (Å²) in [5.74, 6) is 0.780. The van der Waals surface area contributed by atoms with E-state index in [0.29, 0.717) is 17.1 Å². The minimum absolute atomic E-state index is 0.00987. The first-order valence-corrected chi connectivity index (χ1v) is 8.90. The van der Waals surface area contributed by atoms with Gasteiger partial charge in [-0.05, 0) is 50.1 Å². The summed E-state index contributed by atoms with van der Waals surface area (Å²) < 4.78 is 49.4. The Morgan fingerprint density at radius 2 is 1.79 bits per heavy atom. The highest BCUT2D eigenvalue weighted by Gasteiger charge is 2.30. The molecule has 0 saturated heterocycles. The highest BCUT2D eigenvalue weighted by molar-refractivity contribution is 5.79. The van der Waals surface area contributed by atoms with Crippen LogP contribution in [-0.2, 0) is 17.4 Å². The molecule has 0 fully saturated rings. The molecule has 0 aliphatic rings. The van der Waals surface area contributed by atoms with E-state index >= 15 is 0 Å². The first kappa shape index (κ1) is 21.6. The van der Waals surface area contributed by atoms with Crippen LogP contribution >= 0.6 is 0 Å². The van der Waals surface area contributed by atoms with Crippen molar-refractivity contribution in [2.24, 2.45) is 0 Å². The molecule has 0 heterocycles. The first-order valence-electron chi connectivity index (χ1n) is 8.90. The third-order valence-corrected chi connectivity index (χ3v) is 4.05. The Bertz CT molecular complexity index is 819. The summed E-state index contributed by atoms with van der Waals surface area (Å²) in [5.41, 5.74) is 0.333. The number of ether oxygens (including phenoxy) is 2. The van der Waals surface area contributed by atoms with Gasteiger partial charge in [0, 0.05) is 0 Å². The second-order valence-electron chi connectivity index (χ2n) is 6.74. The van der Waals surface area contributed by atoms with Crippen LogP contribution in [0.2, 0.25) is 0 Å². The highest BCUT2D eigenvalue weighted by Crippen LogP contribution is 2.31. The summed E-state index contributed by atoms with van der Waals surface area (Å²) in [6.45, 7) is 5.61. The number of hydrogen-bond donors (Lipinski definition) is 1. The zero-order valence-electron chi connectivity index (χ0n) is 16.3. The van der Waals surface area contributed by atoms with E-state index in [-0.39, 0.29) is 24.5 Å². The molecule has 0 aliphatic carbocycles. The Morgan fingerprint density at radius 1 is 1.07 bits per heavy atom. The zero-order chi connectivity index (χ0) is 20.9. The van der Waals surface area contributed by atoms with Gasteiger partial charge >= 0.3 is 6.18 Å². The molecule has 0 aromatic heterocycles. The van der Waals surface area contributed by atoms with Crippen LogP contribution in [0.25, 0.3) is 0 Å². The van der Waals surface area contributed by atoms with Gasteiger partial charge in [-0.2, -0.15) is 13.2 Å². The highest BCUT2D eigenvalue weighted by atomic mass is 19.4. The van der Waals surface area contributed by atoms with Crippen LogP contribution in [0.1, 0.15) is 43.5 Å². The SMILES string of the molecule is COc1cc(C(C)NC(=O)Cc2cccc(C(F)(F)F)c2)ccc1OC(C)C. The minimum atomic E-state index is -4.43. The van der Waals surface area contributed by atoms with Gasteiger partial charge in [-0.1, -0.05) is 24.3 Å². The lowest BCUT2D eigenvalue weighted by molar-refractivity contribution is -0.137. The molecule has 2 aromatic carbocycles. The van der Waals surface area contributed by atoms with E-state index in [1.54, 1.807) is 19.1 Å². The van der Waals surface area contributed by atoms with Crippen LogP contribution in [0.4, 0.5) is 13.2 Å². The Labute approximate surface area is 162 Å². The Kier molecular flexibility index (Phi) is 6.94. The molecule has 1 unspecified atom stereocenters. The van der Waals surface area contributed by atoms with Gasteiger partial charge in [-0.25, -0.2) is 0 Å². The molecule has 1 amide bonds. The number of carbonyl (C=O) groups is 1. The minimum Gasteiger partial charge on any atom is -0.493 e. The molecule has 7 heteroatoms. The molecule has 1 N–H and O–H groups in total. The number of methoxy groups -OCH3 is 1. The van der Waals surface area contributed by atoms with Crippen LogP contribution in [0.5, 0.6) is 11.5 Å². The smallest absolute Gasteiger partial charge is 0.416 e. The van der Waals surface area contributed by atoms with E-state index in [1.807, 2.05) is 19.9 Å². The van der Waals surface area contributed by atoms with E-state index in [1.165, 1.54) is 19.2 Å². The molecular weight excluding hydrogens is 371 g/mol. The molecule has 4 nitrogen and oxygen atoms in total. The lowest BCUT2D eigenvalue weighted by Crippen LogP contribution is -2.28. The van der Waals surface area contributed by atoms with E-state index in [9.17, 15) is 18.0 Å². The lowest BCUT2D eigenvalue weighted by atomic mass is 10.1. The van der Waals surface area contributed by atoms with Crippen molar-refractivity contribution in [1.29, 1.82) is 0 Å². The fraction of sp³-hybridized carbons (Fsp3) is 0.381. The first-order chi connectivity index (χ1) is 13.1. The maximum absolute atomic E-state index is 12.8. The van der Waals surface area contributed by atoms with Crippen molar-refractivity contribution in [1.82, 2.24) is 5.32 Å². The van der Waals surface area contributed by atoms with Gasteiger partial charge in [-0.3, -0.25) is 4.79 Å². The van der Waals surface area contributed by atoms with Crippen molar-refractivity contribution >= 4 is 5.91 Å². The van der Waals surface area contributed by atoms with Crippen LogP contribution in [0.15, 0.2) is 42.5 Å². The van der Waals surface area contributed by atoms with E-state index in [0.717, 1.165) is 17.7 Å². The number of rotatable bonds is 7. The summed E-state index contributed by atoms with van der Waals surface area (Å²) >= 11 is 0. The summed E-state index contributed by atoms with van der Waals surface area (Å²) in [5, 5.41) is 2.80. The molecule has 152 valence electrons. The number of amides is 1.